The fourth-order valence-corrected chi connectivity index (χ4v) is 8.55. The summed E-state index contributed by atoms with van der Waals surface area (Å²) in [4.78, 5) is 28.1. The van der Waals surface area contributed by atoms with Crippen molar-refractivity contribution in [1.29, 1.82) is 0 Å². The molecule has 0 N–H and O–H groups in total. The predicted octanol–water partition coefficient (Wildman–Crippen LogP) is 7.97. The van der Waals surface area contributed by atoms with Gasteiger partial charge >= 0.3 is 11.9 Å². The summed E-state index contributed by atoms with van der Waals surface area (Å²) in [5.74, 6) is 0.469. The van der Waals surface area contributed by atoms with Crippen molar-refractivity contribution in [1.82, 2.24) is 4.90 Å². The number of ether oxygens (including phenoxy) is 7. The van der Waals surface area contributed by atoms with E-state index in [9.17, 15) is 9.59 Å². The van der Waals surface area contributed by atoms with Crippen LogP contribution in [0.4, 0.5) is 0 Å². The number of nitrogens with zero attached hydrogens (tertiary/aromatic N) is 1. The van der Waals surface area contributed by atoms with Gasteiger partial charge in [-0.05, 0) is 88.6 Å². The van der Waals surface area contributed by atoms with E-state index in [2.05, 4.69) is 73.6 Å². The Morgan fingerprint density at radius 2 is 1.60 bits per heavy atom. The zero-order valence-corrected chi connectivity index (χ0v) is 35.7. The van der Waals surface area contributed by atoms with Gasteiger partial charge in [0.1, 0.15) is 12.2 Å². The first kappa shape index (κ1) is 45.6. The quantitative estimate of drug-likeness (QED) is 0.216. The topological polar surface area (TPSA) is 102 Å². The summed E-state index contributed by atoms with van der Waals surface area (Å²) in [7, 11) is 5.62. The molecule has 0 aromatic heterocycles. The Morgan fingerprint density at radius 1 is 0.925 bits per heavy atom. The van der Waals surface area contributed by atoms with Crippen molar-refractivity contribution in [2.75, 3.05) is 21.2 Å². The first-order valence-electron chi connectivity index (χ1n) is 20.3. The number of likely N-dealkylation sites (N-methyl/N-ethyl adjacent to an activating group) is 1. The molecule has 0 saturated carbocycles. The zero-order valence-electron chi connectivity index (χ0n) is 35.7. The Hall–Kier alpha value is -1.82. The lowest BCUT2D eigenvalue weighted by Gasteiger charge is -2.51. The van der Waals surface area contributed by atoms with Crippen LogP contribution in [0.5, 0.6) is 0 Å². The van der Waals surface area contributed by atoms with Gasteiger partial charge in [0.25, 0.3) is 0 Å². The fraction of sp³-hybridized carbons (Fsp3) is 0.860. The number of rotatable bonds is 9. The summed E-state index contributed by atoms with van der Waals surface area (Å²) in [6, 6.07) is -0.407. The maximum absolute atomic E-state index is 13.3. The van der Waals surface area contributed by atoms with Crippen molar-refractivity contribution in [3.05, 3.63) is 24.3 Å². The number of carbonyl (C=O) groups excluding carboxylic acids is 2. The number of carbonyl (C=O) groups is 2. The molecule has 0 spiro atoms. The normalized spacial score (nSPS) is 41.8. The molecule has 3 aliphatic rings. The van der Waals surface area contributed by atoms with Crippen LogP contribution in [0.3, 0.4) is 0 Å². The van der Waals surface area contributed by atoms with E-state index in [1.54, 1.807) is 7.11 Å². The molecule has 10 heteroatoms. The summed E-state index contributed by atoms with van der Waals surface area (Å²) < 4.78 is 45.5. The molecule has 2 fully saturated rings. The molecule has 0 aromatic carbocycles. The van der Waals surface area contributed by atoms with Crippen LogP contribution in [0, 0.1) is 40.9 Å². The Bertz CT molecular complexity index is 1200. The third-order valence-electron chi connectivity index (χ3n) is 12.2. The molecule has 10 nitrogen and oxygen atoms in total. The number of allylic oxidation sites excluding steroid dienone is 3. The first-order chi connectivity index (χ1) is 24.7. The van der Waals surface area contributed by atoms with Crippen LogP contribution in [-0.2, 0) is 42.7 Å². The zero-order chi connectivity index (χ0) is 39.8. The van der Waals surface area contributed by atoms with Gasteiger partial charge in [0.15, 0.2) is 18.7 Å². The lowest BCUT2D eigenvalue weighted by Crippen LogP contribution is -2.66. The van der Waals surface area contributed by atoms with Gasteiger partial charge in [0, 0.05) is 26.9 Å². The number of hydrogen-bond donors (Lipinski definition) is 0. The molecule has 53 heavy (non-hydrogen) atoms. The van der Waals surface area contributed by atoms with Gasteiger partial charge in [-0.3, -0.25) is 9.59 Å². The molecule has 306 valence electrons. The Labute approximate surface area is 322 Å². The Morgan fingerprint density at radius 3 is 2.19 bits per heavy atom. The number of esters is 2. The Kier molecular flexibility index (Phi) is 17.5. The second-order valence-electron chi connectivity index (χ2n) is 17.9. The lowest BCUT2D eigenvalue weighted by molar-refractivity contribution is -0.338. The van der Waals surface area contributed by atoms with Gasteiger partial charge in [0.2, 0.25) is 0 Å². The van der Waals surface area contributed by atoms with E-state index >= 15 is 0 Å². The minimum atomic E-state index is -0.927. The summed E-state index contributed by atoms with van der Waals surface area (Å²) in [5, 5.41) is 0. The van der Waals surface area contributed by atoms with Crippen LogP contribution >= 0.6 is 0 Å². The van der Waals surface area contributed by atoms with Crippen molar-refractivity contribution >= 4 is 11.9 Å². The molecule has 3 heterocycles. The minimum absolute atomic E-state index is 0.0166. The Balaban J connectivity index is 2.07. The minimum Gasteiger partial charge on any atom is -0.462 e. The average molecular weight is 750 g/mol. The molecular weight excluding hydrogens is 674 g/mol. The van der Waals surface area contributed by atoms with Crippen LogP contribution in [0.1, 0.15) is 115 Å². The molecule has 15 atom stereocenters. The van der Waals surface area contributed by atoms with E-state index in [4.69, 9.17) is 33.2 Å². The number of cyclic esters (lactones) is 1. The predicted molar refractivity (Wildman–Crippen MR) is 208 cm³/mol. The fourth-order valence-electron chi connectivity index (χ4n) is 8.55. The second kappa shape index (κ2) is 20.4. The van der Waals surface area contributed by atoms with Crippen molar-refractivity contribution in [3.63, 3.8) is 0 Å². The van der Waals surface area contributed by atoms with E-state index in [-0.39, 0.29) is 41.8 Å². The van der Waals surface area contributed by atoms with E-state index in [0.717, 1.165) is 19.3 Å². The SMILES string of the molecule is CO[C@@H]1[C@@H](O[C@@H]2O[C@@H](C)C(O[C@H]3CC(C)(C)C(C)[C@@H](C)O3)C(N(C)C)C2OC(C)=O)[C@@H](CC(C)C)C[C@@H](C)[C@@H](C)/C=C/C=C/C[C@@H](C)OC(=O)C[C@H]1C. The molecule has 3 aliphatic heterocycles. The standard InChI is InChI=1S/C43H75NO9/c1-25(2)21-34-22-27(4)26(3)19-17-16-18-20-29(6)48-35(46)23-28(5)38(47-15)40(34)53-42-41(51-33(10)45)37(44(13)14)39(32(9)50-42)52-36-24-43(11,12)30(7)31(8)49-36/h16-19,25-32,34,36-42H,20-24H2,1-15H3/b18-16+,19-17+/t26-,27+,28+,29+,30?,31+,32-,34-,36-,37?,38-,39?,40-,41?,42-/m0/s1. The molecule has 0 aromatic rings. The molecular formula is C43H75NO9. The molecule has 0 aliphatic carbocycles. The third kappa shape index (κ3) is 12.9. The molecule has 0 bridgehead atoms. The summed E-state index contributed by atoms with van der Waals surface area (Å²) in [6.07, 6.45) is 7.41. The first-order valence-corrected chi connectivity index (χ1v) is 20.3. The average Bonchev–Trinajstić information content (AvgIpc) is 3.03. The smallest absolute Gasteiger partial charge is 0.306 e. The van der Waals surface area contributed by atoms with E-state index in [0.29, 0.717) is 30.1 Å². The van der Waals surface area contributed by atoms with E-state index in [1.807, 2.05) is 45.8 Å². The molecule has 2 saturated heterocycles. The maximum Gasteiger partial charge on any atom is 0.306 e. The van der Waals surface area contributed by atoms with E-state index < -0.39 is 55.1 Å². The van der Waals surface area contributed by atoms with Crippen molar-refractivity contribution in [2.45, 2.75) is 177 Å². The summed E-state index contributed by atoms with van der Waals surface area (Å²) in [5.41, 5.74) is 0.0166. The monoisotopic (exact) mass is 750 g/mol. The van der Waals surface area contributed by atoms with Crippen LogP contribution in [0.15, 0.2) is 24.3 Å². The third-order valence-corrected chi connectivity index (χ3v) is 12.2. The van der Waals surface area contributed by atoms with Gasteiger partial charge in [0.05, 0.1) is 36.9 Å². The van der Waals surface area contributed by atoms with Crippen LogP contribution in [-0.4, -0.2) is 99.4 Å². The van der Waals surface area contributed by atoms with Gasteiger partial charge in [-0.25, -0.2) is 0 Å². The van der Waals surface area contributed by atoms with Crippen LogP contribution < -0.4 is 0 Å². The largest absolute Gasteiger partial charge is 0.462 e. The van der Waals surface area contributed by atoms with Crippen molar-refractivity contribution in [2.24, 2.45) is 40.9 Å². The second-order valence-corrected chi connectivity index (χ2v) is 17.9. The van der Waals surface area contributed by atoms with Gasteiger partial charge in [-0.1, -0.05) is 79.7 Å². The highest BCUT2D eigenvalue weighted by molar-refractivity contribution is 5.70. The molecule has 0 amide bonds. The van der Waals surface area contributed by atoms with Crippen molar-refractivity contribution < 1.29 is 42.7 Å². The van der Waals surface area contributed by atoms with Gasteiger partial charge in [-0.2, -0.15) is 0 Å². The maximum atomic E-state index is 13.3. The van der Waals surface area contributed by atoms with Crippen LogP contribution in [0.25, 0.3) is 0 Å². The van der Waals surface area contributed by atoms with Gasteiger partial charge in [-0.15, -0.1) is 0 Å². The lowest BCUT2D eigenvalue weighted by atomic mass is 9.73. The van der Waals surface area contributed by atoms with Crippen LogP contribution in [0.2, 0.25) is 0 Å². The highest BCUT2D eigenvalue weighted by Gasteiger charge is 2.52. The van der Waals surface area contributed by atoms with Gasteiger partial charge < -0.3 is 38.1 Å². The number of methoxy groups -OCH3 is 1. The summed E-state index contributed by atoms with van der Waals surface area (Å²) in [6.45, 7) is 25.2. The number of hydrogen-bond acceptors (Lipinski definition) is 10. The molecule has 3 rings (SSSR count). The molecule has 0 radical (unpaired) electrons. The highest BCUT2D eigenvalue weighted by Crippen LogP contribution is 2.43. The highest BCUT2D eigenvalue weighted by atomic mass is 16.7. The molecule has 4 unspecified atom stereocenters. The van der Waals surface area contributed by atoms with E-state index in [1.165, 1.54) is 6.92 Å². The van der Waals surface area contributed by atoms with Crippen molar-refractivity contribution in [3.8, 4) is 0 Å². The summed E-state index contributed by atoms with van der Waals surface area (Å²) >= 11 is 0.